The summed E-state index contributed by atoms with van der Waals surface area (Å²) < 4.78 is 5.07. The average molecular weight is 347 g/mol. The fraction of sp³-hybridized carbons (Fsp3) is 0.200. The standard InChI is InChI=1S/C13H8Cl3NO2.C2H6/c1-19-8-4-2-7(3-5-8)12-11(15)9(14)6-10(17-12)13(16)18;1-2/h2-6H,1H3;1-2H3. The van der Waals surface area contributed by atoms with Crippen LogP contribution in [0.1, 0.15) is 24.3 Å². The van der Waals surface area contributed by atoms with Crippen molar-refractivity contribution in [1.29, 1.82) is 0 Å². The third-order valence-electron chi connectivity index (χ3n) is 2.48. The first-order valence-corrected chi connectivity index (χ1v) is 7.36. The molecule has 0 saturated carbocycles. The quantitative estimate of drug-likeness (QED) is 0.692. The lowest BCUT2D eigenvalue weighted by atomic mass is 10.1. The van der Waals surface area contributed by atoms with Gasteiger partial charge in [0.1, 0.15) is 11.4 Å². The van der Waals surface area contributed by atoms with Crippen LogP contribution in [0, 0.1) is 0 Å². The number of hydrogen-bond acceptors (Lipinski definition) is 3. The second-order valence-corrected chi connectivity index (χ2v) is 4.78. The lowest BCUT2D eigenvalue weighted by molar-refractivity contribution is 0.107. The number of pyridine rings is 1. The monoisotopic (exact) mass is 345 g/mol. The molecule has 0 aliphatic rings. The first-order chi connectivity index (χ1) is 10.0. The molecule has 0 radical (unpaired) electrons. The summed E-state index contributed by atoms with van der Waals surface area (Å²) in [6.45, 7) is 4.00. The zero-order valence-electron chi connectivity index (χ0n) is 11.8. The van der Waals surface area contributed by atoms with E-state index in [4.69, 9.17) is 39.5 Å². The summed E-state index contributed by atoms with van der Waals surface area (Å²) in [4.78, 5) is 15.3. The first kappa shape index (κ1) is 17.8. The van der Waals surface area contributed by atoms with Crippen LogP contribution in [-0.2, 0) is 0 Å². The van der Waals surface area contributed by atoms with Crippen molar-refractivity contribution in [3.05, 3.63) is 46.1 Å². The Morgan fingerprint density at radius 2 is 1.71 bits per heavy atom. The molecule has 1 aromatic heterocycles. The van der Waals surface area contributed by atoms with E-state index in [0.29, 0.717) is 17.0 Å². The summed E-state index contributed by atoms with van der Waals surface area (Å²) in [6, 6.07) is 8.40. The first-order valence-electron chi connectivity index (χ1n) is 6.23. The van der Waals surface area contributed by atoms with Crippen molar-refractivity contribution in [2.75, 3.05) is 7.11 Å². The summed E-state index contributed by atoms with van der Waals surface area (Å²) in [7, 11) is 1.57. The Bertz CT molecular complexity index is 628. The summed E-state index contributed by atoms with van der Waals surface area (Å²) in [5, 5.41) is -0.187. The Kier molecular flexibility index (Phi) is 6.96. The molecule has 112 valence electrons. The van der Waals surface area contributed by atoms with Crippen LogP contribution >= 0.6 is 34.8 Å². The third-order valence-corrected chi connectivity index (χ3v) is 3.45. The van der Waals surface area contributed by atoms with E-state index in [1.54, 1.807) is 31.4 Å². The molecule has 1 heterocycles. The molecule has 21 heavy (non-hydrogen) atoms. The number of hydrogen-bond donors (Lipinski definition) is 0. The van der Waals surface area contributed by atoms with E-state index in [2.05, 4.69) is 4.98 Å². The van der Waals surface area contributed by atoms with Gasteiger partial charge in [-0.2, -0.15) is 0 Å². The largest absolute Gasteiger partial charge is 0.497 e. The molecule has 0 aliphatic heterocycles. The van der Waals surface area contributed by atoms with Gasteiger partial charge in [-0.25, -0.2) is 4.98 Å². The summed E-state index contributed by atoms with van der Waals surface area (Å²) >= 11 is 17.5. The normalized spacial score (nSPS) is 9.62. The Hall–Kier alpha value is -1.29. The van der Waals surface area contributed by atoms with Gasteiger partial charge in [-0.15, -0.1) is 0 Å². The molecule has 0 amide bonds. The Morgan fingerprint density at radius 3 is 2.19 bits per heavy atom. The Balaban J connectivity index is 0.00000106. The molecule has 1 aromatic carbocycles. The van der Waals surface area contributed by atoms with Crippen LogP contribution in [-0.4, -0.2) is 17.3 Å². The minimum atomic E-state index is -0.687. The van der Waals surface area contributed by atoms with Gasteiger partial charge in [0.25, 0.3) is 5.24 Å². The fourth-order valence-corrected chi connectivity index (χ4v) is 2.03. The van der Waals surface area contributed by atoms with Crippen LogP contribution in [0.2, 0.25) is 10.0 Å². The van der Waals surface area contributed by atoms with Crippen molar-refractivity contribution in [2.45, 2.75) is 13.8 Å². The maximum absolute atomic E-state index is 11.2. The maximum atomic E-state index is 11.2. The average Bonchev–Trinajstić information content (AvgIpc) is 2.52. The molecule has 6 heteroatoms. The minimum absolute atomic E-state index is 0.0573. The van der Waals surface area contributed by atoms with Gasteiger partial charge in [-0.05, 0) is 41.9 Å². The Morgan fingerprint density at radius 1 is 1.14 bits per heavy atom. The van der Waals surface area contributed by atoms with Crippen molar-refractivity contribution in [1.82, 2.24) is 4.98 Å². The lowest BCUT2D eigenvalue weighted by Crippen LogP contribution is -1.97. The fourth-order valence-electron chi connectivity index (χ4n) is 1.54. The SMILES string of the molecule is CC.COc1ccc(-c2nc(C(=O)Cl)cc(Cl)c2Cl)cc1. The molecule has 0 unspecified atom stereocenters. The van der Waals surface area contributed by atoms with Crippen molar-refractivity contribution < 1.29 is 9.53 Å². The van der Waals surface area contributed by atoms with Gasteiger partial charge < -0.3 is 4.74 Å². The summed E-state index contributed by atoms with van der Waals surface area (Å²) in [5.74, 6) is 0.704. The highest BCUT2D eigenvalue weighted by atomic mass is 35.5. The van der Waals surface area contributed by atoms with Crippen LogP contribution in [0.4, 0.5) is 0 Å². The molecular weight excluding hydrogens is 333 g/mol. The zero-order valence-corrected chi connectivity index (χ0v) is 14.1. The predicted molar refractivity (Wildman–Crippen MR) is 87.8 cm³/mol. The van der Waals surface area contributed by atoms with Crippen LogP contribution in [0.25, 0.3) is 11.3 Å². The molecule has 0 spiro atoms. The number of carbonyl (C=O) groups is 1. The van der Waals surface area contributed by atoms with Gasteiger partial charge in [0, 0.05) is 5.56 Å². The highest BCUT2D eigenvalue weighted by molar-refractivity contribution is 6.67. The van der Waals surface area contributed by atoms with Gasteiger partial charge >= 0.3 is 0 Å². The van der Waals surface area contributed by atoms with Crippen LogP contribution < -0.4 is 4.74 Å². The second-order valence-electron chi connectivity index (χ2n) is 3.65. The molecule has 0 N–H and O–H groups in total. The van der Waals surface area contributed by atoms with Crippen molar-refractivity contribution >= 4 is 40.0 Å². The lowest BCUT2D eigenvalue weighted by Gasteiger charge is -2.08. The molecule has 0 saturated heterocycles. The van der Waals surface area contributed by atoms with E-state index in [9.17, 15) is 4.79 Å². The smallest absolute Gasteiger partial charge is 0.270 e. The molecule has 0 fully saturated rings. The van der Waals surface area contributed by atoms with Crippen molar-refractivity contribution in [3.8, 4) is 17.0 Å². The van der Waals surface area contributed by atoms with Gasteiger partial charge in [0.2, 0.25) is 0 Å². The summed E-state index contributed by atoms with van der Waals surface area (Å²) in [5.41, 5.74) is 1.18. The van der Waals surface area contributed by atoms with E-state index < -0.39 is 5.24 Å². The number of benzene rings is 1. The van der Waals surface area contributed by atoms with Gasteiger partial charge in [0.05, 0.1) is 22.8 Å². The number of halogens is 3. The summed E-state index contributed by atoms with van der Waals surface area (Å²) in [6.07, 6.45) is 0. The van der Waals surface area contributed by atoms with E-state index >= 15 is 0 Å². The number of ether oxygens (including phenoxy) is 1. The molecular formula is C15H14Cl3NO2. The Labute approximate surface area is 138 Å². The topological polar surface area (TPSA) is 39.2 Å². The molecule has 0 atom stereocenters. The number of carbonyl (C=O) groups excluding carboxylic acids is 1. The highest BCUT2D eigenvalue weighted by Gasteiger charge is 2.14. The van der Waals surface area contributed by atoms with Gasteiger partial charge in [0.15, 0.2) is 0 Å². The minimum Gasteiger partial charge on any atom is -0.497 e. The van der Waals surface area contributed by atoms with Crippen LogP contribution in [0.3, 0.4) is 0 Å². The van der Waals surface area contributed by atoms with Crippen LogP contribution in [0.5, 0.6) is 5.75 Å². The van der Waals surface area contributed by atoms with Gasteiger partial charge in [-0.1, -0.05) is 37.0 Å². The predicted octanol–water partition coefficient (Wildman–Crippen LogP) is 5.47. The van der Waals surface area contributed by atoms with Crippen molar-refractivity contribution in [3.63, 3.8) is 0 Å². The number of methoxy groups -OCH3 is 1. The van der Waals surface area contributed by atoms with Gasteiger partial charge in [-0.3, -0.25) is 4.79 Å². The second kappa shape index (κ2) is 8.23. The zero-order chi connectivity index (χ0) is 16.0. The molecule has 2 aromatic rings. The molecule has 2 rings (SSSR count). The third kappa shape index (κ3) is 4.34. The maximum Gasteiger partial charge on any atom is 0.270 e. The molecule has 0 aliphatic carbocycles. The number of nitrogens with zero attached hydrogens (tertiary/aromatic N) is 1. The van der Waals surface area contributed by atoms with Crippen molar-refractivity contribution in [2.24, 2.45) is 0 Å². The van der Waals surface area contributed by atoms with E-state index in [1.165, 1.54) is 6.07 Å². The van der Waals surface area contributed by atoms with E-state index in [0.717, 1.165) is 0 Å². The molecule has 0 bridgehead atoms. The van der Waals surface area contributed by atoms with Crippen LogP contribution in [0.15, 0.2) is 30.3 Å². The molecule has 3 nitrogen and oxygen atoms in total. The van der Waals surface area contributed by atoms with E-state index in [1.807, 2.05) is 13.8 Å². The van der Waals surface area contributed by atoms with E-state index in [-0.39, 0.29) is 15.7 Å². The highest BCUT2D eigenvalue weighted by Crippen LogP contribution is 2.33. The number of aromatic nitrogens is 1. The number of rotatable bonds is 3.